The summed E-state index contributed by atoms with van der Waals surface area (Å²) in [7, 11) is 0. The van der Waals surface area contributed by atoms with E-state index in [1.807, 2.05) is 42.5 Å². The summed E-state index contributed by atoms with van der Waals surface area (Å²) in [6.45, 7) is 1.48. The predicted octanol–water partition coefficient (Wildman–Crippen LogP) is 5.14. The fraction of sp³-hybridized carbons (Fsp3) is 0.111. The average Bonchev–Trinajstić information content (AvgIpc) is 2.54. The molecule has 0 saturated heterocycles. The van der Waals surface area contributed by atoms with E-state index in [1.54, 1.807) is 11.8 Å². The van der Waals surface area contributed by atoms with E-state index in [-0.39, 0.29) is 5.91 Å². The lowest BCUT2D eigenvalue weighted by Crippen LogP contribution is -2.07. The van der Waals surface area contributed by atoms with Gasteiger partial charge in [0, 0.05) is 28.0 Å². The van der Waals surface area contributed by atoms with Gasteiger partial charge < -0.3 is 5.32 Å². The molecule has 0 aliphatic heterocycles. The van der Waals surface area contributed by atoms with E-state index in [1.165, 1.54) is 17.4 Å². The van der Waals surface area contributed by atoms with Gasteiger partial charge in [-0.1, -0.05) is 17.7 Å². The van der Waals surface area contributed by atoms with Gasteiger partial charge in [0.15, 0.2) is 0 Å². The van der Waals surface area contributed by atoms with Crippen molar-refractivity contribution in [2.24, 2.45) is 0 Å². The Hall–Kier alpha value is -2.04. The summed E-state index contributed by atoms with van der Waals surface area (Å²) in [5.74, 6) is 1.34. The molecule has 5 heteroatoms. The third-order valence-electron chi connectivity index (χ3n) is 3.28. The molecule has 1 amide bonds. The maximum atomic E-state index is 11.1. The second-order valence-corrected chi connectivity index (χ2v) is 6.63. The minimum atomic E-state index is -0.118. The molecule has 0 aliphatic carbocycles. The Balaban J connectivity index is 1.74. The quantitative estimate of drug-likeness (QED) is 0.667. The Morgan fingerprint density at radius 3 is 2.65 bits per heavy atom. The predicted molar refractivity (Wildman–Crippen MR) is 97.1 cm³/mol. The van der Waals surface area contributed by atoms with Crippen LogP contribution in [0.15, 0.2) is 59.5 Å². The summed E-state index contributed by atoms with van der Waals surface area (Å²) in [5, 5.41) is 4.51. The third kappa shape index (κ3) is 4.24. The molecule has 0 saturated carbocycles. The molecule has 1 heterocycles. The first kappa shape index (κ1) is 15.8. The van der Waals surface area contributed by atoms with Crippen molar-refractivity contribution in [1.29, 1.82) is 0 Å². The lowest BCUT2D eigenvalue weighted by atomic mass is 10.1. The molecule has 3 aromatic rings. The maximum absolute atomic E-state index is 11.1. The monoisotopic (exact) mass is 342 g/mol. The zero-order valence-corrected chi connectivity index (χ0v) is 14.1. The highest BCUT2D eigenvalue weighted by atomic mass is 35.5. The molecule has 1 aromatic heterocycles. The first-order valence-electron chi connectivity index (χ1n) is 7.16. The van der Waals surface area contributed by atoms with Crippen molar-refractivity contribution in [2.45, 2.75) is 17.6 Å². The summed E-state index contributed by atoms with van der Waals surface area (Å²) in [6.07, 6.45) is 0. The zero-order chi connectivity index (χ0) is 16.2. The van der Waals surface area contributed by atoms with Crippen LogP contribution in [0.5, 0.6) is 0 Å². The second kappa shape index (κ2) is 7.02. The van der Waals surface area contributed by atoms with E-state index < -0.39 is 0 Å². The molecule has 116 valence electrons. The van der Waals surface area contributed by atoms with Gasteiger partial charge >= 0.3 is 0 Å². The number of hydrogen-bond acceptors (Lipinski definition) is 3. The Morgan fingerprint density at radius 2 is 1.91 bits per heavy atom. The smallest absolute Gasteiger partial charge is 0.222 e. The fourth-order valence-electron chi connectivity index (χ4n) is 2.21. The number of amides is 1. The topological polar surface area (TPSA) is 42.0 Å². The van der Waals surface area contributed by atoms with Crippen molar-refractivity contribution in [3.63, 3.8) is 0 Å². The normalized spacial score (nSPS) is 10.7. The first-order chi connectivity index (χ1) is 11.1. The Bertz CT molecular complexity index is 849. The van der Waals surface area contributed by atoms with E-state index >= 15 is 0 Å². The number of carbonyl (C=O) groups excluding carboxylic acids is 1. The molecule has 0 bridgehead atoms. The molecule has 0 aliphatic rings. The number of carbonyl (C=O) groups is 1. The van der Waals surface area contributed by atoms with Crippen LogP contribution in [-0.2, 0) is 10.5 Å². The number of hydrogen-bond donors (Lipinski definition) is 1. The second-order valence-electron chi connectivity index (χ2n) is 5.15. The molecule has 0 unspecified atom stereocenters. The van der Waals surface area contributed by atoms with Gasteiger partial charge in [0.05, 0.1) is 5.52 Å². The summed E-state index contributed by atoms with van der Waals surface area (Å²) in [4.78, 5) is 16.7. The van der Waals surface area contributed by atoms with Gasteiger partial charge in [0.2, 0.25) is 5.91 Å². The molecule has 3 rings (SSSR count). The highest BCUT2D eigenvalue weighted by Gasteiger charge is 2.02. The fourth-order valence-corrected chi connectivity index (χ4v) is 3.18. The van der Waals surface area contributed by atoms with Crippen LogP contribution >= 0.6 is 23.4 Å². The van der Waals surface area contributed by atoms with E-state index in [0.717, 1.165) is 21.7 Å². The number of halogens is 1. The minimum Gasteiger partial charge on any atom is -0.311 e. The number of rotatable bonds is 4. The number of pyridine rings is 1. The largest absolute Gasteiger partial charge is 0.311 e. The van der Waals surface area contributed by atoms with Crippen LogP contribution in [-0.4, -0.2) is 10.9 Å². The molecule has 0 atom stereocenters. The van der Waals surface area contributed by atoms with Gasteiger partial charge in [-0.05, 0) is 54.1 Å². The number of anilines is 1. The highest BCUT2D eigenvalue weighted by molar-refractivity contribution is 7.98. The molecule has 0 spiro atoms. The van der Waals surface area contributed by atoms with Crippen molar-refractivity contribution in [1.82, 2.24) is 4.98 Å². The van der Waals surface area contributed by atoms with Gasteiger partial charge in [-0.3, -0.25) is 4.79 Å². The van der Waals surface area contributed by atoms with Crippen molar-refractivity contribution in [3.8, 4) is 0 Å². The van der Waals surface area contributed by atoms with Crippen molar-refractivity contribution >= 4 is 46.0 Å². The van der Waals surface area contributed by atoms with Crippen LogP contribution < -0.4 is 5.32 Å². The standard InChI is InChI=1S/C18H15ClN2OS/c1-12(22)20-18-9-3-14-10-13(2-8-17(14)21-18)11-23-16-6-4-15(19)5-7-16/h2-10H,11H2,1H3,(H,20,21,22). The number of benzene rings is 2. The van der Waals surface area contributed by atoms with Crippen LogP contribution in [0, 0.1) is 0 Å². The number of aromatic nitrogens is 1. The van der Waals surface area contributed by atoms with Gasteiger partial charge in [0.25, 0.3) is 0 Å². The van der Waals surface area contributed by atoms with Crippen LogP contribution in [0.3, 0.4) is 0 Å². The van der Waals surface area contributed by atoms with Crippen molar-refractivity contribution in [3.05, 3.63) is 65.2 Å². The third-order valence-corrected chi connectivity index (χ3v) is 4.61. The van der Waals surface area contributed by atoms with E-state index in [9.17, 15) is 4.79 Å². The molecular formula is C18H15ClN2OS. The van der Waals surface area contributed by atoms with E-state index in [2.05, 4.69) is 22.4 Å². The first-order valence-corrected chi connectivity index (χ1v) is 8.52. The number of nitrogens with zero attached hydrogens (tertiary/aromatic N) is 1. The van der Waals surface area contributed by atoms with Crippen LogP contribution in [0.2, 0.25) is 5.02 Å². The Labute approximate surface area is 144 Å². The molecular weight excluding hydrogens is 328 g/mol. The number of fused-ring (bicyclic) bond motifs is 1. The van der Waals surface area contributed by atoms with E-state index in [0.29, 0.717) is 5.82 Å². The summed E-state index contributed by atoms with van der Waals surface area (Å²) in [6, 6.07) is 17.8. The average molecular weight is 343 g/mol. The molecule has 23 heavy (non-hydrogen) atoms. The molecule has 3 nitrogen and oxygen atoms in total. The van der Waals surface area contributed by atoms with Crippen molar-refractivity contribution in [2.75, 3.05) is 5.32 Å². The van der Waals surface area contributed by atoms with Gasteiger partial charge in [-0.2, -0.15) is 0 Å². The number of thioether (sulfide) groups is 1. The summed E-state index contributed by atoms with van der Waals surface area (Å²) in [5.41, 5.74) is 2.10. The Morgan fingerprint density at radius 1 is 1.13 bits per heavy atom. The molecule has 2 aromatic carbocycles. The molecule has 0 radical (unpaired) electrons. The van der Waals surface area contributed by atoms with Crippen molar-refractivity contribution < 1.29 is 4.79 Å². The van der Waals surface area contributed by atoms with Crippen LogP contribution in [0.1, 0.15) is 12.5 Å². The van der Waals surface area contributed by atoms with Gasteiger partial charge in [-0.15, -0.1) is 11.8 Å². The Kier molecular flexibility index (Phi) is 4.84. The SMILES string of the molecule is CC(=O)Nc1ccc2cc(CSc3ccc(Cl)cc3)ccc2n1. The summed E-state index contributed by atoms with van der Waals surface area (Å²) < 4.78 is 0. The van der Waals surface area contributed by atoms with Gasteiger partial charge in [-0.25, -0.2) is 4.98 Å². The number of nitrogens with one attached hydrogen (secondary N) is 1. The van der Waals surface area contributed by atoms with Crippen LogP contribution in [0.25, 0.3) is 10.9 Å². The van der Waals surface area contributed by atoms with E-state index in [4.69, 9.17) is 11.6 Å². The zero-order valence-electron chi connectivity index (χ0n) is 12.5. The molecule has 1 N–H and O–H groups in total. The lowest BCUT2D eigenvalue weighted by Gasteiger charge is -2.06. The highest BCUT2D eigenvalue weighted by Crippen LogP contribution is 2.26. The summed E-state index contributed by atoms with van der Waals surface area (Å²) >= 11 is 7.66. The lowest BCUT2D eigenvalue weighted by molar-refractivity contribution is -0.114. The minimum absolute atomic E-state index is 0.118. The van der Waals surface area contributed by atoms with Crippen LogP contribution in [0.4, 0.5) is 5.82 Å². The van der Waals surface area contributed by atoms with Gasteiger partial charge in [0.1, 0.15) is 5.82 Å². The molecule has 0 fully saturated rings. The maximum Gasteiger partial charge on any atom is 0.222 e.